The van der Waals surface area contributed by atoms with E-state index in [1.165, 1.54) is 37.9 Å². The average molecular weight is 246 g/mol. The Kier molecular flexibility index (Phi) is 5.28. The highest BCUT2D eigenvalue weighted by atomic mass is 16.5. The molecule has 0 saturated carbocycles. The molecule has 0 bridgehead atoms. The summed E-state index contributed by atoms with van der Waals surface area (Å²) in [5.74, 6) is 1.84. The number of ether oxygens (including phenoxy) is 1. The van der Waals surface area contributed by atoms with Gasteiger partial charge >= 0.3 is 0 Å². The van der Waals surface area contributed by atoms with Gasteiger partial charge in [-0.3, -0.25) is 0 Å². The van der Waals surface area contributed by atoms with Gasteiger partial charge in [-0.2, -0.15) is 0 Å². The van der Waals surface area contributed by atoms with Gasteiger partial charge in [0.2, 0.25) is 0 Å². The number of hydrogen-bond acceptors (Lipinski definition) is 1. The number of quaternary nitrogens is 1. The van der Waals surface area contributed by atoms with Crippen LogP contribution in [0.1, 0.15) is 24.8 Å². The summed E-state index contributed by atoms with van der Waals surface area (Å²) in [5.41, 5.74) is 1.40. The van der Waals surface area contributed by atoms with Crippen molar-refractivity contribution in [1.82, 2.24) is 0 Å². The third-order valence-corrected chi connectivity index (χ3v) is 3.67. The molecule has 0 amide bonds. The van der Waals surface area contributed by atoms with Crippen molar-refractivity contribution in [1.29, 1.82) is 0 Å². The molecule has 1 aromatic rings. The van der Waals surface area contributed by atoms with Crippen molar-refractivity contribution in [3.63, 3.8) is 0 Å². The molecule has 0 aliphatic heterocycles. The predicted octanol–water partition coefficient (Wildman–Crippen LogP) is 2.16. The molecule has 18 heavy (non-hydrogen) atoms. The number of rotatable bonds is 6. The third-order valence-electron chi connectivity index (χ3n) is 3.67. The number of hydrogen-bond donors (Lipinski definition) is 1. The van der Waals surface area contributed by atoms with Crippen LogP contribution in [0, 0.1) is 5.92 Å². The fourth-order valence-electron chi connectivity index (χ4n) is 2.48. The lowest BCUT2D eigenvalue weighted by Gasteiger charge is -2.15. The Labute approximate surface area is 110 Å². The molecule has 0 spiro atoms. The molecule has 0 radical (unpaired) electrons. The molecular formula is C16H24NO+. The van der Waals surface area contributed by atoms with Crippen LogP contribution in [0.15, 0.2) is 36.4 Å². The maximum absolute atomic E-state index is 5.16. The minimum atomic E-state index is 0.894. The van der Waals surface area contributed by atoms with E-state index in [2.05, 4.69) is 29.6 Å². The van der Waals surface area contributed by atoms with Crippen LogP contribution >= 0.6 is 0 Å². The molecule has 1 aliphatic rings. The molecule has 2 rings (SSSR count). The zero-order valence-corrected chi connectivity index (χ0v) is 11.3. The summed E-state index contributed by atoms with van der Waals surface area (Å²) in [7, 11) is 1.71. The molecule has 2 nitrogen and oxygen atoms in total. The Morgan fingerprint density at radius 2 is 2.06 bits per heavy atom. The summed E-state index contributed by atoms with van der Waals surface area (Å²) < 4.78 is 5.16. The first-order valence-corrected chi connectivity index (χ1v) is 6.98. The Hall–Kier alpha value is -1.28. The van der Waals surface area contributed by atoms with E-state index in [1.54, 1.807) is 7.11 Å². The second-order valence-electron chi connectivity index (χ2n) is 5.06. The SMILES string of the molecule is COc1ccc(CC[NH2+]C[C@@H]2CC=CCC2)cc1. The Bertz CT molecular complexity index is 369. The topological polar surface area (TPSA) is 25.8 Å². The van der Waals surface area contributed by atoms with Crippen LogP contribution in [0.2, 0.25) is 0 Å². The van der Waals surface area contributed by atoms with Crippen molar-refractivity contribution in [3.8, 4) is 5.75 Å². The van der Waals surface area contributed by atoms with Crippen LogP contribution in [0.4, 0.5) is 0 Å². The smallest absolute Gasteiger partial charge is 0.118 e. The van der Waals surface area contributed by atoms with E-state index in [4.69, 9.17) is 4.74 Å². The summed E-state index contributed by atoms with van der Waals surface area (Å²) in [6.07, 6.45) is 9.72. The van der Waals surface area contributed by atoms with Crippen LogP contribution in [0.5, 0.6) is 5.75 Å². The molecule has 98 valence electrons. The molecule has 2 heteroatoms. The summed E-state index contributed by atoms with van der Waals surface area (Å²) in [5, 5.41) is 2.47. The minimum absolute atomic E-state index is 0.894. The van der Waals surface area contributed by atoms with E-state index >= 15 is 0 Å². The van der Waals surface area contributed by atoms with Gasteiger partial charge in [-0.15, -0.1) is 0 Å². The quantitative estimate of drug-likeness (QED) is 0.604. The van der Waals surface area contributed by atoms with Gasteiger partial charge in [0.1, 0.15) is 5.75 Å². The van der Waals surface area contributed by atoms with E-state index in [9.17, 15) is 0 Å². The number of methoxy groups -OCH3 is 1. The van der Waals surface area contributed by atoms with Crippen molar-refractivity contribution in [3.05, 3.63) is 42.0 Å². The Morgan fingerprint density at radius 3 is 2.72 bits per heavy atom. The van der Waals surface area contributed by atoms with Crippen molar-refractivity contribution >= 4 is 0 Å². The highest BCUT2D eigenvalue weighted by Gasteiger charge is 2.10. The highest BCUT2D eigenvalue weighted by molar-refractivity contribution is 5.27. The maximum Gasteiger partial charge on any atom is 0.118 e. The lowest BCUT2D eigenvalue weighted by atomic mass is 9.94. The molecule has 2 N–H and O–H groups in total. The molecule has 1 aliphatic carbocycles. The first-order chi connectivity index (χ1) is 8.88. The zero-order chi connectivity index (χ0) is 12.6. The van der Waals surface area contributed by atoms with Crippen molar-refractivity contribution in [2.45, 2.75) is 25.7 Å². The monoisotopic (exact) mass is 246 g/mol. The average Bonchev–Trinajstić information content (AvgIpc) is 2.45. The Morgan fingerprint density at radius 1 is 1.22 bits per heavy atom. The highest BCUT2D eigenvalue weighted by Crippen LogP contribution is 2.15. The van der Waals surface area contributed by atoms with Gasteiger partial charge in [0, 0.05) is 12.3 Å². The van der Waals surface area contributed by atoms with E-state index in [0.29, 0.717) is 0 Å². The molecule has 0 fully saturated rings. The van der Waals surface area contributed by atoms with Crippen molar-refractivity contribution < 1.29 is 10.1 Å². The first kappa shape index (κ1) is 13.2. The standard InChI is InChI=1S/C16H23NO/c1-18-16-9-7-14(8-10-16)11-12-17-13-15-5-3-2-4-6-15/h2-3,7-10,15,17H,4-6,11-13H2,1H3/p+1/t15-/m1/s1. The first-order valence-electron chi connectivity index (χ1n) is 6.98. The number of nitrogens with two attached hydrogens (primary N) is 1. The van der Waals surface area contributed by atoms with Gasteiger partial charge in [0.05, 0.1) is 20.2 Å². The van der Waals surface area contributed by atoms with Crippen molar-refractivity contribution in [2.24, 2.45) is 5.92 Å². The van der Waals surface area contributed by atoms with E-state index < -0.39 is 0 Å². The van der Waals surface area contributed by atoms with Crippen LogP contribution in [-0.2, 0) is 6.42 Å². The summed E-state index contributed by atoms with van der Waals surface area (Å²) in [6, 6.07) is 8.41. The second kappa shape index (κ2) is 7.22. The molecule has 1 aromatic carbocycles. The van der Waals surface area contributed by atoms with E-state index in [0.717, 1.165) is 18.1 Å². The fourth-order valence-corrected chi connectivity index (χ4v) is 2.48. The minimum Gasteiger partial charge on any atom is -0.497 e. The molecular weight excluding hydrogens is 222 g/mol. The number of benzene rings is 1. The van der Waals surface area contributed by atoms with Crippen LogP contribution < -0.4 is 10.1 Å². The van der Waals surface area contributed by atoms with Gasteiger partial charge in [0.25, 0.3) is 0 Å². The molecule has 1 atom stereocenters. The lowest BCUT2D eigenvalue weighted by Crippen LogP contribution is -2.86. The summed E-state index contributed by atoms with van der Waals surface area (Å²) in [6.45, 7) is 2.47. The van der Waals surface area contributed by atoms with Crippen LogP contribution in [0.3, 0.4) is 0 Å². The largest absolute Gasteiger partial charge is 0.497 e. The number of allylic oxidation sites excluding steroid dienone is 2. The fraction of sp³-hybridized carbons (Fsp3) is 0.500. The van der Waals surface area contributed by atoms with E-state index in [-0.39, 0.29) is 0 Å². The van der Waals surface area contributed by atoms with Crippen LogP contribution in [0.25, 0.3) is 0 Å². The van der Waals surface area contributed by atoms with Crippen LogP contribution in [-0.4, -0.2) is 20.2 Å². The Balaban J connectivity index is 1.63. The van der Waals surface area contributed by atoms with Gasteiger partial charge in [-0.25, -0.2) is 0 Å². The van der Waals surface area contributed by atoms with Gasteiger partial charge < -0.3 is 10.1 Å². The van der Waals surface area contributed by atoms with E-state index in [1.807, 2.05) is 12.1 Å². The molecule has 0 aromatic heterocycles. The zero-order valence-electron chi connectivity index (χ0n) is 11.3. The second-order valence-corrected chi connectivity index (χ2v) is 5.06. The normalized spacial score (nSPS) is 18.8. The van der Waals surface area contributed by atoms with Crippen molar-refractivity contribution in [2.75, 3.05) is 20.2 Å². The third kappa shape index (κ3) is 4.19. The van der Waals surface area contributed by atoms with Gasteiger partial charge in [-0.1, -0.05) is 24.3 Å². The summed E-state index contributed by atoms with van der Waals surface area (Å²) >= 11 is 0. The predicted molar refractivity (Wildman–Crippen MR) is 74.8 cm³/mol. The summed E-state index contributed by atoms with van der Waals surface area (Å²) in [4.78, 5) is 0. The molecule has 0 unspecified atom stereocenters. The molecule has 0 saturated heterocycles. The lowest BCUT2D eigenvalue weighted by molar-refractivity contribution is -0.660. The molecule has 0 heterocycles. The van der Waals surface area contributed by atoms with Gasteiger partial charge in [0.15, 0.2) is 0 Å². The van der Waals surface area contributed by atoms with Gasteiger partial charge in [-0.05, 0) is 37.0 Å². The maximum atomic E-state index is 5.16.